The van der Waals surface area contributed by atoms with Crippen molar-refractivity contribution in [3.8, 4) is 0 Å². The van der Waals surface area contributed by atoms with E-state index in [1.54, 1.807) is 0 Å². The number of amides is 2. The molecule has 0 bridgehead atoms. The molecule has 0 saturated carbocycles. The Morgan fingerprint density at radius 2 is 1.86 bits per heavy atom. The SMILES string of the molecule is O=C(Nc1ccc(F)c2c1CC(O)C2)NC1CCc2cc(C(F)(F)F)ccc21. The topological polar surface area (TPSA) is 61.4 Å². The number of rotatable bonds is 2. The van der Waals surface area contributed by atoms with Crippen molar-refractivity contribution in [2.45, 2.75) is 44.0 Å². The third kappa shape index (κ3) is 3.44. The number of benzene rings is 2. The normalized spacial score (nSPS) is 20.6. The van der Waals surface area contributed by atoms with Crippen molar-refractivity contribution in [1.82, 2.24) is 5.32 Å². The van der Waals surface area contributed by atoms with Crippen LogP contribution in [0, 0.1) is 5.82 Å². The Hall–Kier alpha value is -2.61. The highest BCUT2D eigenvalue weighted by Crippen LogP contribution is 2.37. The molecule has 2 aromatic rings. The van der Waals surface area contributed by atoms with Gasteiger partial charge in [-0.1, -0.05) is 6.07 Å². The van der Waals surface area contributed by atoms with Gasteiger partial charge in [-0.3, -0.25) is 0 Å². The zero-order chi connectivity index (χ0) is 20.1. The highest BCUT2D eigenvalue weighted by atomic mass is 19.4. The Bertz CT molecular complexity index is 943. The van der Waals surface area contributed by atoms with E-state index in [0.29, 0.717) is 40.8 Å². The molecule has 2 aliphatic rings. The minimum atomic E-state index is -4.40. The lowest BCUT2D eigenvalue weighted by Gasteiger charge is -2.17. The van der Waals surface area contributed by atoms with Gasteiger partial charge in [0.05, 0.1) is 17.7 Å². The number of carbonyl (C=O) groups excluding carboxylic acids is 1. The molecule has 3 N–H and O–H groups in total. The maximum absolute atomic E-state index is 13.9. The van der Waals surface area contributed by atoms with E-state index in [9.17, 15) is 27.5 Å². The lowest BCUT2D eigenvalue weighted by molar-refractivity contribution is -0.137. The summed E-state index contributed by atoms with van der Waals surface area (Å²) in [5.74, 6) is -0.414. The molecule has 0 aliphatic heterocycles. The summed E-state index contributed by atoms with van der Waals surface area (Å²) in [6.07, 6.45) is -3.66. The van der Waals surface area contributed by atoms with E-state index in [1.807, 2.05) is 0 Å². The molecule has 148 valence electrons. The third-order valence-corrected chi connectivity index (χ3v) is 5.36. The Morgan fingerprint density at radius 1 is 1.11 bits per heavy atom. The van der Waals surface area contributed by atoms with E-state index in [1.165, 1.54) is 18.2 Å². The number of hydrogen-bond donors (Lipinski definition) is 3. The first-order valence-electron chi connectivity index (χ1n) is 8.98. The predicted octanol–water partition coefficient (Wildman–Crippen LogP) is 4.11. The van der Waals surface area contributed by atoms with Gasteiger partial charge >= 0.3 is 12.2 Å². The van der Waals surface area contributed by atoms with Crippen LogP contribution in [0.2, 0.25) is 0 Å². The zero-order valence-corrected chi connectivity index (χ0v) is 14.7. The number of hydrogen-bond acceptors (Lipinski definition) is 2. The molecule has 2 amide bonds. The van der Waals surface area contributed by atoms with Gasteiger partial charge in [0.2, 0.25) is 0 Å². The fraction of sp³-hybridized carbons (Fsp3) is 0.350. The summed E-state index contributed by atoms with van der Waals surface area (Å²) in [6, 6.07) is 5.33. The van der Waals surface area contributed by atoms with Gasteiger partial charge in [0.1, 0.15) is 5.82 Å². The van der Waals surface area contributed by atoms with Crippen molar-refractivity contribution in [3.63, 3.8) is 0 Å². The first-order valence-corrected chi connectivity index (χ1v) is 8.98. The molecule has 0 spiro atoms. The third-order valence-electron chi connectivity index (χ3n) is 5.36. The van der Waals surface area contributed by atoms with E-state index in [-0.39, 0.29) is 12.8 Å². The van der Waals surface area contributed by atoms with Crippen LogP contribution in [0.4, 0.5) is 28.0 Å². The quantitative estimate of drug-likeness (QED) is 0.672. The van der Waals surface area contributed by atoms with Gasteiger partial charge in [0.25, 0.3) is 0 Å². The van der Waals surface area contributed by atoms with Crippen molar-refractivity contribution < 1.29 is 27.5 Å². The summed E-state index contributed by atoms with van der Waals surface area (Å²) < 4.78 is 52.4. The smallest absolute Gasteiger partial charge is 0.392 e. The number of urea groups is 1. The van der Waals surface area contributed by atoms with Crippen molar-refractivity contribution >= 4 is 11.7 Å². The van der Waals surface area contributed by atoms with Crippen LogP contribution in [0.1, 0.15) is 40.3 Å². The lowest BCUT2D eigenvalue weighted by Crippen LogP contribution is -2.32. The minimum Gasteiger partial charge on any atom is -0.392 e. The number of fused-ring (bicyclic) bond motifs is 2. The van der Waals surface area contributed by atoms with Gasteiger partial charge in [-0.15, -0.1) is 0 Å². The van der Waals surface area contributed by atoms with Crippen LogP contribution in [0.25, 0.3) is 0 Å². The van der Waals surface area contributed by atoms with Gasteiger partial charge in [-0.05, 0) is 59.4 Å². The molecule has 2 aromatic carbocycles. The summed E-state index contributed by atoms with van der Waals surface area (Å²) in [5, 5.41) is 15.2. The number of halogens is 4. The molecule has 4 nitrogen and oxygen atoms in total. The fourth-order valence-electron chi connectivity index (χ4n) is 4.04. The average molecular weight is 394 g/mol. The maximum atomic E-state index is 13.9. The highest BCUT2D eigenvalue weighted by molar-refractivity contribution is 5.91. The van der Waals surface area contributed by atoms with Crippen molar-refractivity contribution in [2.75, 3.05) is 5.32 Å². The van der Waals surface area contributed by atoms with Crippen LogP contribution in [0.15, 0.2) is 30.3 Å². The number of aliphatic hydroxyl groups excluding tert-OH is 1. The van der Waals surface area contributed by atoms with Gasteiger partial charge in [0.15, 0.2) is 0 Å². The van der Waals surface area contributed by atoms with Crippen molar-refractivity contribution in [2.24, 2.45) is 0 Å². The Kier molecular flexibility index (Phi) is 4.53. The van der Waals surface area contributed by atoms with E-state index in [0.717, 1.165) is 12.1 Å². The summed E-state index contributed by atoms with van der Waals surface area (Å²) >= 11 is 0. The molecule has 0 heterocycles. The number of aliphatic hydroxyl groups is 1. The summed E-state index contributed by atoms with van der Waals surface area (Å²) in [4.78, 5) is 12.4. The van der Waals surface area contributed by atoms with Crippen LogP contribution in [-0.2, 0) is 25.4 Å². The second kappa shape index (κ2) is 6.77. The molecule has 2 atom stereocenters. The molecule has 28 heavy (non-hydrogen) atoms. The number of alkyl halides is 3. The van der Waals surface area contributed by atoms with Crippen LogP contribution >= 0.6 is 0 Å². The van der Waals surface area contributed by atoms with E-state index in [2.05, 4.69) is 10.6 Å². The second-order valence-corrected chi connectivity index (χ2v) is 7.22. The molecule has 0 radical (unpaired) electrons. The van der Waals surface area contributed by atoms with Crippen molar-refractivity contribution in [1.29, 1.82) is 0 Å². The second-order valence-electron chi connectivity index (χ2n) is 7.22. The molecular weight excluding hydrogens is 376 g/mol. The fourth-order valence-corrected chi connectivity index (χ4v) is 4.04. The lowest BCUT2D eigenvalue weighted by atomic mass is 10.0. The number of anilines is 1. The van der Waals surface area contributed by atoms with Gasteiger partial charge in [0, 0.05) is 18.5 Å². The summed E-state index contributed by atoms with van der Waals surface area (Å²) in [5.41, 5.74) is 1.95. The Balaban J connectivity index is 1.48. The number of carbonyl (C=O) groups is 1. The average Bonchev–Trinajstić information content (AvgIpc) is 3.20. The Morgan fingerprint density at radius 3 is 2.61 bits per heavy atom. The van der Waals surface area contributed by atoms with E-state index < -0.39 is 35.7 Å². The van der Waals surface area contributed by atoms with Gasteiger partial charge < -0.3 is 15.7 Å². The molecule has 8 heteroatoms. The Labute approximate surface area is 158 Å². The maximum Gasteiger partial charge on any atom is 0.416 e. The van der Waals surface area contributed by atoms with Crippen molar-refractivity contribution in [3.05, 3.63) is 64.0 Å². The summed E-state index contributed by atoms with van der Waals surface area (Å²) in [6.45, 7) is 0. The first-order chi connectivity index (χ1) is 13.2. The molecule has 2 aliphatic carbocycles. The van der Waals surface area contributed by atoms with Crippen LogP contribution in [0.3, 0.4) is 0 Å². The number of nitrogens with one attached hydrogen (secondary N) is 2. The minimum absolute atomic E-state index is 0.204. The van der Waals surface area contributed by atoms with Crippen LogP contribution < -0.4 is 10.6 Å². The van der Waals surface area contributed by atoms with E-state index in [4.69, 9.17) is 0 Å². The largest absolute Gasteiger partial charge is 0.416 e. The van der Waals surface area contributed by atoms with Gasteiger partial charge in [-0.2, -0.15) is 13.2 Å². The monoisotopic (exact) mass is 394 g/mol. The van der Waals surface area contributed by atoms with Crippen LogP contribution in [0.5, 0.6) is 0 Å². The van der Waals surface area contributed by atoms with Crippen LogP contribution in [-0.4, -0.2) is 17.2 Å². The molecular formula is C20H18F4N2O2. The first kappa shape index (κ1) is 18.7. The zero-order valence-electron chi connectivity index (χ0n) is 14.7. The predicted molar refractivity (Wildman–Crippen MR) is 94.5 cm³/mol. The van der Waals surface area contributed by atoms with E-state index >= 15 is 0 Å². The molecule has 0 saturated heterocycles. The number of aryl methyl sites for hydroxylation is 1. The highest BCUT2D eigenvalue weighted by Gasteiger charge is 2.33. The standard InChI is InChI=1S/C20H18F4N2O2/c21-16-4-6-18(15-9-12(27)8-14(15)16)26-19(28)25-17-5-1-10-7-11(20(22,23)24)2-3-13(10)17/h2-4,6-7,12,17,27H,1,5,8-9H2,(H2,25,26,28). The molecule has 0 fully saturated rings. The molecule has 2 unspecified atom stereocenters. The molecule has 4 rings (SSSR count). The summed E-state index contributed by atoms with van der Waals surface area (Å²) in [7, 11) is 0. The van der Waals surface area contributed by atoms with Gasteiger partial charge in [-0.25, -0.2) is 9.18 Å². The molecule has 0 aromatic heterocycles.